The molecule has 0 aliphatic rings. The third kappa shape index (κ3) is 5.64. The minimum absolute atomic E-state index is 0.160. The molecule has 1 rings (SSSR count). The topological polar surface area (TPSA) is 55.8 Å². The van der Waals surface area contributed by atoms with Crippen molar-refractivity contribution in [1.82, 2.24) is 0 Å². The summed E-state index contributed by atoms with van der Waals surface area (Å²) in [6.07, 6.45) is -3.29. The zero-order chi connectivity index (χ0) is 15.2. The molecule has 0 fully saturated rings. The van der Waals surface area contributed by atoms with Crippen molar-refractivity contribution in [3.63, 3.8) is 0 Å². The van der Waals surface area contributed by atoms with E-state index in [0.29, 0.717) is 11.3 Å². The molecule has 0 saturated carbocycles. The summed E-state index contributed by atoms with van der Waals surface area (Å²) in [5.41, 5.74) is 0.328. The van der Waals surface area contributed by atoms with Gasteiger partial charge in [0.05, 0.1) is 20.1 Å². The largest absolute Gasteiger partial charge is 0.497 e. The fourth-order valence-corrected chi connectivity index (χ4v) is 1.35. The molecule has 0 saturated heterocycles. The number of carboxylic acids is 1. The first-order valence-corrected chi connectivity index (χ1v) is 5.60. The summed E-state index contributed by atoms with van der Waals surface area (Å²) in [6.45, 7) is -0.538. The quantitative estimate of drug-likeness (QED) is 0.818. The van der Waals surface area contributed by atoms with Gasteiger partial charge in [0.15, 0.2) is 0 Å². The number of aliphatic carboxylic acids is 1. The summed E-state index contributed by atoms with van der Waals surface area (Å²) < 4.78 is 46.1. The van der Waals surface area contributed by atoms with Crippen LogP contribution in [0.1, 0.15) is 12.0 Å². The number of alkyl halides is 3. The average molecular weight is 290 g/mol. The van der Waals surface area contributed by atoms with Gasteiger partial charge in [0.25, 0.3) is 0 Å². The third-order valence-electron chi connectivity index (χ3n) is 2.27. The predicted octanol–water partition coefficient (Wildman–Crippen LogP) is 3.12. The van der Waals surface area contributed by atoms with Crippen LogP contribution in [0, 0.1) is 0 Å². The smallest absolute Gasteiger partial charge is 0.392 e. The molecule has 0 radical (unpaired) electrons. The number of hydrogen-bond acceptors (Lipinski definition) is 3. The van der Waals surface area contributed by atoms with Gasteiger partial charge in [0, 0.05) is 11.6 Å². The Morgan fingerprint density at radius 1 is 1.40 bits per heavy atom. The van der Waals surface area contributed by atoms with Crippen molar-refractivity contribution in [2.45, 2.75) is 12.6 Å². The van der Waals surface area contributed by atoms with Gasteiger partial charge in [-0.3, -0.25) is 0 Å². The Balaban J connectivity index is 2.85. The van der Waals surface area contributed by atoms with E-state index in [0.717, 1.165) is 6.08 Å². The molecule has 4 nitrogen and oxygen atoms in total. The molecule has 0 aliphatic carbocycles. The van der Waals surface area contributed by atoms with E-state index in [1.54, 1.807) is 0 Å². The van der Waals surface area contributed by atoms with Crippen LogP contribution in [0.25, 0.3) is 6.08 Å². The summed E-state index contributed by atoms with van der Waals surface area (Å²) in [5.74, 6) is -0.570. The van der Waals surface area contributed by atoms with Crippen LogP contribution < -0.4 is 9.47 Å². The average Bonchev–Trinajstić information content (AvgIpc) is 2.35. The fourth-order valence-electron chi connectivity index (χ4n) is 1.35. The minimum Gasteiger partial charge on any atom is -0.497 e. The van der Waals surface area contributed by atoms with Crippen molar-refractivity contribution < 1.29 is 32.5 Å². The molecule has 0 aromatic heterocycles. The molecular formula is C13H13F3O4. The number of methoxy groups -OCH3 is 1. The highest BCUT2D eigenvalue weighted by molar-refractivity contribution is 5.86. The van der Waals surface area contributed by atoms with E-state index >= 15 is 0 Å². The van der Waals surface area contributed by atoms with Crippen LogP contribution >= 0.6 is 0 Å². The molecule has 0 aliphatic heterocycles. The van der Waals surface area contributed by atoms with E-state index in [4.69, 9.17) is 14.6 Å². The lowest BCUT2D eigenvalue weighted by Crippen LogP contribution is -2.13. The number of carboxylic acid groups (broad SMARTS) is 1. The molecule has 0 amide bonds. The lowest BCUT2D eigenvalue weighted by molar-refractivity contribution is -0.139. The molecule has 0 unspecified atom stereocenters. The monoisotopic (exact) mass is 290 g/mol. The summed E-state index contributed by atoms with van der Waals surface area (Å²) in [4.78, 5) is 10.5. The van der Waals surface area contributed by atoms with Gasteiger partial charge in [-0.2, -0.15) is 13.2 Å². The second-order valence-electron chi connectivity index (χ2n) is 3.79. The highest BCUT2D eigenvalue weighted by atomic mass is 19.4. The molecule has 1 N–H and O–H groups in total. The molecule has 0 spiro atoms. The Labute approximate surface area is 113 Å². The zero-order valence-corrected chi connectivity index (χ0v) is 10.6. The van der Waals surface area contributed by atoms with Crippen molar-refractivity contribution >= 4 is 12.0 Å². The van der Waals surface area contributed by atoms with Crippen molar-refractivity contribution in [1.29, 1.82) is 0 Å². The summed E-state index contributed by atoms with van der Waals surface area (Å²) in [6, 6.07) is 4.42. The van der Waals surface area contributed by atoms with Crippen LogP contribution in [-0.4, -0.2) is 31.0 Å². The first kappa shape index (κ1) is 15.9. The number of benzene rings is 1. The second kappa shape index (κ2) is 6.83. The summed E-state index contributed by atoms with van der Waals surface area (Å²) in [7, 11) is 1.42. The molecule has 110 valence electrons. The van der Waals surface area contributed by atoms with Gasteiger partial charge in [0.1, 0.15) is 11.5 Å². The lowest BCUT2D eigenvalue weighted by Gasteiger charge is -2.12. The Morgan fingerprint density at radius 2 is 2.10 bits per heavy atom. The van der Waals surface area contributed by atoms with Crippen LogP contribution in [0.5, 0.6) is 11.5 Å². The lowest BCUT2D eigenvalue weighted by atomic mass is 10.1. The normalized spacial score (nSPS) is 11.6. The van der Waals surface area contributed by atoms with Gasteiger partial charge < -0.3 is 14.6 Å². The number of hydrogen-bond donors (Lipinski definition) is 1. The van der Waals surface area contributed by atoms with Gasteiger partial charge >= 0.3 is 12.1 Å². The van der Waals surface area contributed by atoms with E-state index in [-0.39, 0.29) is 5.75 Å². The highest BCUT2D eigenvalue weighted by Gasteiger charge is 2.26. The number of rotatable bonds is 6. The van der Waals surface area contributed by atoms with Crippen LogP contribution in [0.4, 0.5) is 13.2 Å². The predicted molar refractivity (Wildman–Crippen MR) is 65.8 cm³/mol. The maximum absolute atomic E-state index is 12.0. The fraction of sp³-hybridized carbons (Fsp3) is 0.308. The molecule has 0 atom stereocenters. The SMILES string of the molecule is COc1ccc(OCCC(F)(F)F)c(C=CC(=O)O)c1. The molecule has 0 bridgehead atoms. The molecule has 7 heteroatoms. The van der Waals surface area contributed by atoms with Gasteiger partial charge in [-0.15, -0.1) is 0 Å². The number of halogens is 3. The Bertz CT molecular complexity index is 495. The van der Waals surface area contributed by atoms with Crippen molar-refractivity contribution in [3.8, 4) is 11.5 Å². The van der Waals surface area contributed by atoms with Gasteiger partial charge in [0.2, 0.25) is 0 Å². The third-order valence-corrected chi connectivity index (χ3v) is 2.27. The van der Waals surface area contributed by atoms with Gasteiger partial charge in [-0.1, -0.05) is 0 Å². The van der Waals surface area contributed by atoms with Crippen LogP contribution in [0.15, 0.2) is 24.3 Å². The van der Waals surface area contributed by atoms with Crippen molar-refractivity contribution in [2.24, 2.45) is 0 Å². The van der Waals surface area contributed by atoms with Crippen LogP contribution in [0.2, 0.25) is 0 Å². The van der Waals surface area contributed by atoms with Crippen molar-refractivity contribution in [2.75, 3.05) is 13.7 Å². The molecule has 1 aromatic carbocycles. The first-order chi connectivity index (χ1) is 9.31. The number of carbonyl (C=O) groups is 1. The van der Waals surface area contributed by atoms with Gasteiger partial charge in [-0.05, 0) is 24.3 Å². The van der Waals surface area contributed by atoms with Crippen LogP contribution in [0.3, 0.4) is 0 Å². The van der Waals surface area contributed by atoms with E-state index in [2.05, 4.69) is 0 Å². The number of ether oxygens (including phenoxy) is 2. The van der Waals surface area contributed by atoms with E-state index in [9.17, 15) is 18.0 Å². The maximum atomic E-state index is 12.0. The molecule has 0 heterocycles. The second-order valence-corrected chi connectivity index (χ2v) is 3.79. The molecular weight excluding hydrogens is 277 g/mol. The Kier molecular flexibility index (Phi) is 5.42. The standard InChI is InChI=1S/C13H13F3O4/c1-19-10-3-4-11(20-7-6-13(14,15)16)9(8-10)2-5-12(17)18/h2-5,8H,6-7H2,1H3,(H,17,18). The van der Waals surface area contributed by atoms with Crippen molar-refractivity contribution in [3.05, 3.63) is 29.8 Å². The maximum Gasteiger partial charge on any atom is 0.392 e. The Hall–Kier alpha value is -2.18. The highest BCUT2D eigenvalue weighted by Crippen LogP contribution is 2.27. The van der Waals surface area contributed by atoms with E-state index in [1.165, 1.54) is 31.4 Å². The molecule has 1 aromatic rings. The Morgan fingerprint density at radius 3 is 2.65 bits per heavy atom. The molecule has 20 heavy (non-hydrogen) atoms. The van der Waals surface area contributed by atoms with Gasteiger partial charge in [-0.25, -0.2) is 4.79 Å². The zero-order valence-electron chi connectivity index (χ0n) is 10.6. The van der Waals surface area contributed by atoms with E-state index in [1.807, 2.05) is 0 Å². The summed E-state index contributed by atoms with van der Waals surface area (Å²) >= 11 is 0. The van der Waals surface area contributed by atoms with Crippen LogP contribution in [-0.2, 0) is 4.79 Å². The first-order valence-electron chi connectivity index (χ1n) is 5.60. The van der Waals surface area contributed by atoms with E-state index < -0.39 is 25.2 Å². The minimum atomic E-state index is -4.30. The summed E-state index contributed by atoms with van der Waals surface area (Å²) in [5, 5.41) is 8.57.